The van der Waals surface area contributed by atoms with Crippen molar-refractivity contribution in [1.82, 2.24) is 14.1 Å². The second-order valence-electron chi connectivity index (χ2n) is 17.4. The summed E-state index contributed by atoms with van der Waals surface area (Å²) >= 11 is 0. The molecule has 3 heterocycles. The van der Waals surface area contributed by atoms with Gasteiger partial charge in [0, 0.05) is 27.3 Å². The van der Waals surface area contributed by atoms with E-state index in [9.17, 15) is 0 Å². The van der Waals surface area contributed by atoms with E-state index in [-0.39, 0.29) is 5.69 Å². The number of aryl methyl sites for hydroxylation is 2. The third-order valence-corrected chi connectivity index (χ3v) is 12.8. The van der Waals surface area contributed by atoms with Crippen LogP contribution in [0.15, 0.2) is 175 Å². The van der Waals surface area contributed by atoms with Gasteiger partial charge in [-0.25, -0.2) is 4.98 Å². The molecule has 3 nitrogen and oxygen atoms in total. The van der Waals surface area contributed by atoms with Crippen LogP contribution in [0.4, 0.5) is 13.2 Å². The van der Waals surface area contributed by atoms with Crippen molar-refractivity contribution in [3.05, 3.63) is 208 Å². The number of rotatable bonds is 5. The number of para-hydroxylation sites is 1. The van der Waals surface area contributed by atoms with Crippen LogP contribution in [0, 0.1) is 13.8 Å². The summed E-state index contributed by atoms with van der Waals surface area (Å²) in [4.78, 5) is 5.24. The fourth-order valence-electron chi connectivity index (χ4n) is 10.1. The zero-order valence-corrected chi connectivity index (χ0v) is 36.1. The molecule has 11 rings (SSSR count). The van der Waals surface area contributed by atoms with Crippen LogP contribution < -0.4 is 10.6 Å². The number of fused-ring (bicyclic) bond motifs is 6. The number of hydrogen-bond donors (Lipinski definition) is 0. The smallest absolute Gasteiger partial charge is 0.309 e. The van der Waals surface area contributed by atoms with Crippen LogP contribution in [0.3, 0.4) is 0 Å². The summed E-state index contributed by atoms with van der Waals surface area (Å²) in [6.45, 7) is 8.38. The lowest BCUT2D eigenvalue weighted by molar-refractivity contribution is -0.137. The summed E-state index contributed by atoms with van der Waals surface area (Å²) in [5.74, 6) is 0. The third kappa shape index (κ3) is 6.72. The van der Waals surface area contributed by atoms with Crippen LogP contribution in [-0.2, 0) is 12.6 Å². The van der Waals surface area contributed by atoms with Gasteiger partial charge in [-0.05, 0) is 117 Å². The Morgan fingerprint density at radius 1 is 0.562 bits per heavy atom. The maximum absolute atomic E-state index is 16.3. The fraction of sp³-hybridized carbons (Fsp3) is 0.121. The molecule has 0 unspecified atom stereocenters. The lowest BCUT2D eigenvalue weighted by atomic mass is 9.94. The minimum Gasteiger partial charge on any atom is -0.309 e. The highest BCUT2D eigenvalue weighted by atomic mass is 19.4. The Balaban J connectivity index is 1.27. The summed E-state index contributed by atoms with van der Waals surface area (Å²) in [6, 6.07) is 45.9. The van der Waals surface area contributed by atoms with Crippen molar-refractivity contribution >= 4 is 44.4 Å². The van der Waals surface area contributed by atoms with Crippen molar-refractivity contribution < 1.29 is 13.2 Å². The van der Waals surface area contributed by atoms with Gasteiger partial charge in [-0.2, -0.15) is 13.2 Å². The van der Waals surface area contributed by atoms with Crippen LogP contribution in [0.25, 0.3) is 89.4 Å². The molecule has 312 valence electrons. The van der Waals surface area contributed by atoms with Crippen molar-refractivity contribution in [3.8, 4) is 45.0 Å². The summed E-state index contributed by atoms with van der Waals surface area (Å²) in [5, 5.41) is 4.58. The Bertz CT molecular complexity index is 3610. The molecule has 64 heavy (non-hydrogen) atoms. The maximum atomic E-state index is 16.3. The molecular formula is C58H44F3N3. The molecular weight excluding hydrogens is 796 g/mol. The molecule has 0 spiro atoms. The number of benzene rings is 6. The van der Waals surface area contributed by atoms with E-state index in [4.69, 9.17) is 4.98 Å². The average molecular weight is 840 g/mol. The monoisotopic (exact) mass is 839 g/mol. The van der Waals surface area contributed by atoms with E-state index in [0.29, 0.717) is 23.4 Å². The standard InChI is InChI=1S/C58H44F3N3/c1-35-25-36(2)28-42(27-35)40-21-23-46-44-15-8-10-19-52(44)63(54(46)31-40)56-34-49(58(59,60)61)57(33-48(56)51-18-12-17-50(62-51)39-13-6-5-7-14-39)64-53-20-11-9-16-45(53)47-24-22-41(32-55(47)64)43-29-37(3)26-38(4)30-43/h5-15,17-29,31-34H,16,30H2,1-4H3. The second-order valence-corrected chi connectivity index (χ2v) is 17.4. The molecule has 2 aliphatic carbocycles. The van der Waals surface area contributed by atoms with E-state index in [1.807, 2.05) is 88.0 Å². The molecule has 0 saturated carbocycles. The van der Waals surface area contributed by atoms with Gasteiger partial charge < -0.3 is 9.13 Å². The van der Waals surface area contributed by atoms with E-state index in [0.717, 1.165) is 99.9 Å². The molecule has 0 saturated heterocycles. The van der Waals surface area contributed by atoms with Gasteiger partial charge in [-0.1, -0.05) is 144 Å². The van der Waals surface area contributed by atoms with E-state index in [1.165, 1.54) is 11.6 Å². The predicted molar refractivity (Wildman–Crippen MR) is 258 cm³/mol. The normalized spacial score (nSPS) is 14.8. The summed E-state index contributed by atoms with van der Waals surface area (Å²) in [7, 11) is 0. The molecule has 6 heteroatoms. The molecule has 2 aliphatic rings. The zero-order chi connectivity index (χ0) is 43.9. The first-order valence-electron chi connectivity index (χ1n) is 21.8. The van der Waals surface area contributed by atoms with Crippen molar-refractivity contribution in [1.29, 1.82) is 0 Å². The number of aromatic nitrogens is 3. The Labute approximate surface area is 369 Å². The molecule has 9 aromatic rings. The van der Waals surface area contributed by atoms with Gasteiger partial charge in [-0.3, -0.25) is 0 Å². The van der Waals surface area contributed by atoms with E-state index in [2.05, 4.69) is 107 Å². The Kier molecular flexibility index (Phi) is 9.32. The van der Waals surface area contributed by atoms with Gasteiger partial charge in [0.05, 0.1) is 50.2 Å². The van der Waals surface area contributed by atoms with Crippen molar-refractivity contribution in [2.24, 2.45) is 0 Å². The first-order chi connectivity index (χ1) is 31.0. The minimum absolute atomic E-state index is 0.0567. The average Bonchev–Trinajstić information content (AvgIpc) is 3.80. The first-order valence-corrected chi connectivity index (χ1v) is 21.8. The van der Waals surface area contributed by atoms with Crippen molar-refractivity contribution in [3.63, 3.8) is 0 Å². The Hall–Kier alpha value is -7.44. The largest absolute Gasteiger partial charge is 0.418 e. The molecule has 0 fully saturated rings. The third-order valence-electron chi connectivity index (χ3n) is 12.8. The van der Waals surface area contributed by atoms with Gasteiger partial charge >= 0.3 is 6.18 Å². The van der Waals surface area contributed by atoms with Crippen molar-refractivity contribution in [2.75, 3.05) is 0 Å². The summed E-state index contributed by atoms with van der Waals surface area (Å²) in [6.07, 6.45) is 7.01. The first kappa shape index (κ1) is 39.4. The number of hydrogen-bond acceptors (Lipinski definition) is 1. The van der Waals surface area contributed by atoms with Crippen LogP contribution in [0.5, 0.6) is 0 Å². The van der Waals surface area contributed by atoms with Gasteiger partial charge in [-0.15, -0.1) is 0 Å². The molecule has 0 N–H and O–H groups in total. The molecule has 6 aromatic carbocycles. The van der Waals surface area contributed by atoms with E-state index < -0.39 is 11.7 Å². The summed E-state index contributed by atoms with van der Waals surface area (Å²) < 4.78 is 52.7. The quantitative estimate of drug-likeness (QED) is 0.169. The number of pyridine rings is 1. The number of nitrogens with zero attached hydrogens (tertiary/aromatic N) is 3. The number of allylic oxidation sites excluding steroid dienone is 6. The number of halogens is 3. The van der Waals surface area contributed by atoms with E-state index >= 15 is 13.2 Å². The second kappa shape index (κ2) is 15.1. The van der Waals surface area contributed by atoms with Gasteiger partial charge in [0.1, 0.15) is 0 Å². The molecule has 0 radical (unpaired) electrons. The Morgan fingerprint density at radius 3 is 2.09 bits per heavy atom. The van der Waals surface area contributed by atoms with Crippen LogP contribution in [0.1, 0.15) is 42.5 Å². The topological polar surface area (TPSA) is 22.8 Å². The van der Waals surface area contributed by atoms with E-state index in [1.54, 1.807) is 6.07 Å². The molecule has 0 amide bonds. The van der Waals surface area contributed by atoms with Gasteiger partial charge in [0.25, 0.3) is 0 Å². The van der Waals surface area contributed by atoms with Gasteiger partial charge in [0.15, 0.2) is 0 Å². The molecule has 0 aliphatic heterocycles. The highest BCUT2D eigenvalue weighted by Crippen LogP contribution is 2.44. The molecule has 0 atom stereocenters. The maximum Gasteiger partial charge on any atom is 0.418 e. The lowest BCUT2D eigenvalue weighted by Crippen LogP contribution is -2.23. The molecule has 3 aromatic heterocycles. The van der Waals surface area contributed by atoms with Crippen LogP contribution >= 0.6 is 0 Å². The fourth-order valence-corrected chi connectivity index (χ4v) is 10.1. The Morgan fingerprint density at radius 2 is 1.30 bits per heavy atom. The van der Waals surface area contributed by atoms with Gasteiger partial charge in [0.2, 0.25) is 0 Å². The number of alkyl halides is 3. The summed E-state index contributed by atoms with van der Waals surface area (Å²) in [5.41, 5.74) is 13.7. The highest BCUT2D eigenvalue weighted by Gasteiger charge is 2.37. The zero-order valence-electron chi connectivity index (χ0n) is 36.1. The minimum atomic E-state index is -4.73. The van der Waals surface area contributed by atoms with Crippen LogP contribution in [0.2, 0.25) is 0 Å². The predicted octanol–water partition coefficient (Wildman–Crippen LogP) is 14.1. The highest BCUT2D eigenvalue weighted by molar-refractivity contribution is 6.11. The SMILES string of the molecule is CC1=CC(=c2ccc3c4c(n(-c5cc(-c6cccc(-c7ccccc7)n6)c(-n6c7ccccc7c7ccc(-c8cc(C)cc(C)c8)cc76)cc5C(F)(F)F)c3c2)=CC=CC4)CC(C)=C1. The lowest BCUT2D eigenvalue weighted by Gasteiger charge is -2.22. The molecule has 0 bridgehead atoms. The van der Waals surface area contributed by atoms with Crippen LogP contribution in [-0.4, -0.2) is 14.1 Å². The van der Waals surface area contributed by atoms with Crippen molar-refractivity contribution in [2.45, 2.75) is 46.7 Å².